The number of ether oxygens (including phenoxy) is 2. The van der Waals surface area contributed by atoms with E-state index in [4.69, 9.17) is 13.9 Å². The second-order valence-electron chi connectivity index (χ2n) is 5.52. The Morgan fingerprint density at radius 3 is 2.41 bits per heavy atom. The molecule has 27 heavy (non-hydrogen) atoms. The van der Waals surface area contributed by atoms with Crippen molar-refractivity contribution in [1.82, 2.24) is 9.97 Å². The molecule has 0 saturated heterocycles. The third-order valence-electron chi connectivity index (χ3n) is 3.87. The molecular formula is C22H22N2O3. The van der Waals surface area contributed by atoms with Crippen molar-refractivity contribution in [3.8, 4) is 22.8 Å². The van der Waals surface area contributed by atoms with Crippen LogP contribution in [0.15, 0.2) is 71.5 Å². The fraction of sp³-hybridized carbons (Fsp3) is 0.182. The number of methoxy groups -OCH3 is 1. The number of benzene rings is 1. The Hall–Kier alpha value is -3.34. The van der Waals surface area contributed by atoms with Gasteiger partial charge in [0.1, 0.15) is 29.4 Å². The molecule has 0 bridgehead atoms. The van der Waals surface area contributed by atoms with E-state index in [0.717, 1.165) is 39.5 Å². The predicted molar refractivity (Wildman–Crippen MR) is 106 cm³/mol. The first-order valence-corrected chi connectivity index (χ1v) is 8.87. The van der Waals surface area contributed by atoms with Crippen LogP contribution < -0.4 is 9.47 Å². The van der Waals surface area contributed by atoms with Gasteiger partial charge in [-0.2, -0.15) is 0 Å². The van der Waals surface area contributed by atoms with Gasteiger partial charge in [-0.15, -0.1) is 0 Å². The van der Waals surface area contributed by atoms with Crippen molar-refractivity contribution in [3.63, 3.8) is 0 Å². The SMILES string of the molecule is CC.COc1ccc(COc2ccc3oc(-c4ccncc4)cc3c2)nc1. The van der Waals surface area contributed by atoms with Gasteiger partial charge in [-0.05, 0) is 48.5 Å². The number of nitrogens with zero attached hydrogens (tertiary/aromatic N) is 2. The first-order chi connectivity index (χ1) is 13.3. The summed E-state index contributed by atoms with van der Waals surface area (Å²) in [6.45, 7) is 4.39. The molecule has 5 nitrogen and oxygen atoms in total. The normalized spacial score (nSPS) is 10.2. The summed E-state index contributed by atoms with van der Waals surface area (Å²) in [5.41, 5.74) is 2.66. The van der Waals surface area contributed by atoms with Gasteiger partial charge in [0.05, 0.1) is 19.0 Å². The zero-order chi connectivity index (χ0) is 19.1. The number of pyridine rings is 2. The van der Waals surface area contributed by atoms with Gasteiger partial charge in [0.25, 0.3) is 0 Å². The van der Waals surface area contributed by atoms with Gasteiger partial charge in [-0.1, -0.05) is 13.8 Å². The van der Waals surface area contributed by atoms with Crippen LogP contribution in [-0.2, 0) is 6.61 Å². The smallest absolute Gasteiger partial charge is 0.137 e. The van der Waals surface area contributed by atoms with Crippen molar-refractivity contribution in [3.05, 3.63) is 72.8 Å². The first kappa shape index (κ1) is 18.5. The Morgan fingerprint density at radius 2 is 1.70 bits per heavy atom. The van der Waals surface area contributed by atoms with Crippen LogP contribution in [0.4, 0.5) is 0 Å². The summed E-state index contributed by atoms with van der Waals surface area (Å²) in [5, 5.41) is 0.993. The fourth-order valence-electron chi connectivity index (χ4n) is 2.54. The third-order valence-corrected chi connectivity index (χ3v) is 3.87. The second kappa shape index (κ2) is 8.85. The maximum absolute atomic E-state index is 5.89. The number of furan rings is 1. The van der Waals surface area contributed by atoms with Gasteiger partial charge in [-0.25, -0.2) is 0 Å². The lowest BCUT2D eigenvalue weighted by atomic mass is 10.2. The van der Waals surface area contributed by atoms with E-state index in [1.807, 2.05) is 62.4 Å². The zero-order valence-electron chi connectivity index (χ0n) is 15.7. The minimum atomic E-state index is 0.393. The predicted octanol–water partition coefficient (Wildman–Crippen LogP) is 5.50. The molecule has 3 aromatic heterocycles. The summed E-state index contributed by atoms with van der Waals surface area (Å²) in [7, 11) is 1.62. The quantitative estimate of drug-likeness (QED) is 0.469. The van der Waals surface area contributed by atoms with Gasteiger partial charge >= 0.3 is 0 Å². The molecule has 0 saturated carbocycles. The summed E-state index contributed by atoms with van der Waals surface area (Å²) in [5.74, 6) is 2.31. The van der Waals surface area contributed by atoms with Crippen molar-refractivity contribution in [2.45, 2.75) is 20.5 Å². The van der Waals surface area contributed by atoms with Gasteiger partial charge in [-0.3, -0.25) is 9.97 Å². The van der Waals surface area contributed by atoms with Crippen molar-refractivity contribution >= 4 is 11.0 Å². The molecule has 0 fully saturated rings. The molecule has 1 aromatic carbocycles. The Morgan fingerprint density at radius 1 is 0.926 bits per heavy atom. The molecular weight excluding hydrogens is 340 g/mol. The maximum Gasteiger partial charge on any atom is 0.137 e. The molecule has 0 unspecified atom stereocenters. The number of hydrogen-bond acceptors (Lipinski definition) is 5. The van der Waals surface area contributed by atoms with Gasteiger partial charge in [0.2, 0.25) is 0 Å². The average molecular weight is 362 g/mol. The minimum Gasteiger partial charge on any atom is -0.495 e. The van der Waals surface area contributed by atoms with Crippen LogP contribution in [0.5, 0.6) is 11.5 Å². The molecule has 3 heterocycles. The van der Waals surface area contributed by atoms with Crippen LogP contribution in [0, 0.1) is 0 Å². The van der Waals surface area contributed by atoms with E-state index in [2.05, 4.69) is 9.97 Å². The van der Waals surface area contributed by atoms with Crippen molar-refractivity contribution in [1.29, 1.82) is 0 Å². The molecule has 138 valence electrons. The highest BCUT2D eigenvalue weighted by Crippen LogP contribution is 2.30. The highest BCUT2D eigenvalue weighted by Gasteiger charge is 2.07. The highest BCUT2D eigenvalue weighted by atomic mass is 16.5. The lowest BCUT2D eigenvalue weighted by molar-refractivity contribution is 0.301. The van der Waals surface area contributed by atoms with Gasteiger partial charge < -0.3 is 13.9 Å². The van der Waals surface area contributed by atoms with Gasteiger partial charge in [0, 0.05) is 23.3 Å². The Balaban J connectivity index is 0.00000102. The second-order valence-corrected chi connectivity index (χ2v) is 5.52. The first-order valence-electron chi connectivity index (χ1n) is 8.87. The number of hydrogen-bond donors (Lipinski definition) is 0. The zero-order valence-corrected chi connectivity index (χ0v) is 15.7. The van der Waals surface area contributed by atoms with Crippen LogP contribution in [-0.4, -0.2) is 17.1 Å². The van der Waals surface area contributed by atoms with E-state index in [1.54, 1.807) is 25.7 Å². The van der Waals surface area contributed by atoms with E-state index in [-0.39, 0.29) is 0 Å². The largest absolute Gasteiger partial charge is 0.495 e. The van der Waals surface area contributed by atoms with Crippen molar-refractivity contribution in [2.24, 2.45) is 0 Å². The minimum absolute atomic E-state index is 0.393. The number of fused-ring (bicyclic) bond motifs is 1. The highest BCUT2D eigenvalue weighted by molar-refractivity contribution is 5.84. The standard InChI is InChI=1S/C20H16N2O3.C2H6/c1-23-18-3-2-16(22-12-18)13-24-17-4-5-19-15(10-17)11-20(25-19)14-6-8-21-9-7-14;1-2/h2-12H,13H2,1H3;1-2H3. The maximum atomic E-state index is 5.89. The molecule has 0 N–H and O–H groups in total. The van der Waals surface area contributed by atoms with E-state index in [9.17, 15) is 0 Å². The molecule has 4 rings (SSSR count). The molecule has 0 aliphatic carbocycles. The Kier molecular flexibility index (Phi) is 6.05. The van der Waals surface area contributed by atoms with Crippen LogP contribution in [0.2, 0.25) is 0 Å². The molecule has 4 aromatic rings. The average Bonchev–Trinajstić information content (AvgIpc) is 3.18. The number of aromatic nitrogens is 2. The summed E-state index contributed by atoms with van der Waals surface area (Å²) in [6, 6.07) is 15.4. The fourth-order valence-corrected chi connectivity index (χ4v) is 2.54. The Labute approximate surface area is 158 Å². The molecule has 5 heteroatoms. The van der Waals surface area contributed by atoms with E-state index >= 15 is 0 Å². The third kappa shape index (κ3) is 4.44. The Bertz CT molecular complexity index is 980. The van der Waals surface area contributed by atoms with Crippen LogP contribution >= 0.6 is 0 Å². The molecule has 0 aliphatic rings. The molecule has 0 atom stereocenters. The summed E-state index contributed by atoms with van der Waals surface area (Å²) in [6.07, 6.45) is 5.18. The van der Waals surface area contributed by atoms with Crippen molar-refractivity contribution in [2.75, 3.05) is 7.11 Å². The van der Waals surface area contributed by atoms with Crippen LogP contribution in [0.25, 0.3) is 22.3 Å². The lowest BCUT2D eigenvalue weighted by Crippen LogP contribution is -1.98. The topological polar surface area (TPSA) is 57.4 Å². The monoisotopic (exact) mass is 362 g/mol. The molecule has 0 spiro atoms. The summed E-state index contributed by atoms with van der Waals surface area (Å²) < 4.78 is 16.8. The van der Waals surface area contributed by atoms with E-state index in [1.165, 1.54) is 0 Å². The molecule has 0 aliphatic heterocycles. The van der Waals surface area contributed by atoms with Gasteiger partial charge in [0.15, 0.2) is 0 Å². The summed E-state index contributed by atoms with van der Waals surface area (Å²) >= 11 is 0. The van der Waals surface area contributed by atoms with Crippen LogP contribution in [0.1, 0.15) is 19.5 Å². The van der Waals surface area contributed by atoms with Crippen LogP contribution in [0.3, 0.4) is 0 Å². The molecule has 0 amide bonds. The summed E-state index contributed by atoms with van der Waals surface area (Å²) in [4.78, 5) is 8.32. The molecule has 0 radical (unpaired) electrons. The number of rotatable bonds is 5. The van der Waals surface area contributed by atoms with E-state index in [0.29, 0.717) is 6.61 Å². The lowest BCUT2D eigenvalue weighted by Gasteiger charge is -2.06. The van der Waals surface area contributed by atoms with E-state index < -0.39 is 0 Å². The van der Waals surface area contributed by atoms with Crippen molar-refractivity contribution < 1.29 is 13.9 Å².